The second-order valence-corrected chi connectivity index (χ2v) is 7.41. The highest BCUT2D eigenvalue weighted by Gasteiger charge is 2.26. The summed E-state index contributed by atoms with van der Waals surface area (Å²) < 4.78 is 2.21. The van der Waals surface area contributed by atoms with Crippen molar-refractivity contribution >= 4 is 39.9 Å². The predicted octanol–water partition coefficient (Wildman–Crippen LogP) is 4.06. The third-order valence-corrected chi connectivity index (χ3v) is 5.50. The average molecular weight is 384 g/mol. The van der Waals surface area contributed by atoms with E-state index in [-0.39, 0.29) is 5.91 Å². The molecule has 3 heterocycles. The lowest BCUT2D eigenvalue weighted by Gasteiger charge is -2.05. The van der Waals surface area contributed by atoms with E-state index in [1.54, 1.807) is 6.20 Å². The van der Waals surface area contributed by atoms with E-state index in [0.717, 1.165) is 28.0 Å². The van der Waals surface area contributed by atoms with Crippen LogP contribution in [0, 0.1) is 0 Å². The number of thiazole rings is 1. The van der Waals surface area contributed by atoms with Gasteiger partial charge in [0.2, 0.25) is 0 Å². The molecule has 0 bridgehead atoms. The maximum Gasteiger partial charge on any atom is 0.273 e. The van der Waals surface area contributed by atoms with Gasteiger partial charge in [-0.3, -0.25) is 4.79 Å². The maximum absolute atomic E-state index is 12.4. The van der Waals surface area contributed by atoms with Crippen LogP contribution in [-0.2, 0) is 11.3 Å². The number of fused-ring (bicyclic) bond motifs is 1. The zero-order chi connectivity index (χ0) is 18.9. The molecule has 0 unspecified atom stereocenters. The Morgan fingerprint density at radius 3 is 2.71 bits per heavy atom. The lowest BCUT2D eigenvalue weighted by atomic mass is 10.1. The van der Waals surface area contributed by atoms with E-state index < -0.39 is 0 Å². The van der Waals surface area contributed by atoms with Crippen LogP contribution >= 0.6 is 11.3 Å². The molecule has 2 aromatic carbocycles. The Morgan fingerprint density at radius 2 is 1.89 bits per heavy atom. The zero-order valence-corrected chi connectivity index (χ0v) is 15.7. The summed E-state index contributed by atoms with van der Waals surface area (Å²) in [6.45, 7) is 0.768. The summed E-state index contributed by atoms with van der Waals surface area (Å²) in [5.74, 6) is -0.204. The van der Waals surface area contributed by atoms with Crippen molar-refractivity contribution < 1.29 is 4.79 Å². The topological polar surface area (TPSA) is 59.3 Å². The minimum atomic E-state index is -0.204. The molecule has 4 aromatic rings. The molecule has 5 nitrogen and oxygen atoms in total. The number of carbonyl (C=O) groups is 1. The van der Waals surface area contributed by atoms with Crippen molar-refractivity contribution in [3.05, 3.63) is 94.1 Å². The zero-order valence-electron chi connectivity index (χ0n) is 14.9. The molecule has 0 atom stereocenters. The van der Waals surface area contributed by atoms with E-state index in [1.165, 1.54) is 16.9 Å². The van der Waals surface area contributed by atoms with Crippen LogP contribution in [0.25, 0.3) is 17.0 Å². The lowest BCUT2D eigenvalue weighted by molar-refractivity contribution is -0.116. The Hall–Kier alpha value is -3.51. The van der Waals surface area contributed by atoms with Gasteiger partial charge in [-0.05, 0) is 17.7 Å². The molecular weight excluding hydrogens is 368 g/mol. The maximum atomic E-state index is 12.4. The van der Waals surface area contributed by atoms with Crippen molar-refractivity contribution in [1.82, 2.24) is 15.0 Å². The minimum absolute atomic E-state index is 0.204. The van der Waals surface area contributed by atoms with Gasteiger partial charge < -0.3 is 4.57 Å². The number of amides is 1. The Bertz CT molecular complexity index is 1220. The molecule has 0 aliphatic carbocycles. The summed E-state index contributed by atoms with van der Waals surface area (Å²) >= 11 is 1.47. The van der Waals surface area contributed by atoms with Crippen LogP contribution in [-0.4, -0.2) is 21.2 Å². The number of nitrogens with zero attached hydrogens (tertiary/aromatic N) is 3. The van der Waals surface area contributed by atoms with Gasteiger partial charge in [0, 0.05) is 40.8 Å². The van der Waals surface area contributed by atoms with Gasteiger partial charge in [0.1, 0.15) is 10.7 Å². The van der Waals surface area contributed by atoms with E-state index >= 15 is 0 Å². The van der Waals surface area contributed by atoms with Gasteiger partial charge in [0.25, 0.3) is 5.91 Å². The van der Waals surface area contributed by atoms with Crippen molar-refractivity contribution in [2.24, 2.45) is 5.10 Å². The highest BCUT2D eigenvalue weighted by atomic mass is 32.1. The molecule has 1 N–H and O–H groups in total. The highest BCUT2D eigenvalue weighted by molar-refractivity contribution is 7.12. The molecule has 5 rings (SSSR count). The number of nitrogens with one attached hydrogen (secondary N) is 1. The lowest BCUT2D eigenvalue weighted by Crippen LogP contribution is -2.13. The standard InChI is InChI=1S/C22H16N4OS/c27-21-18(20(24-25-21)22-23-10-11-28-22)12-16-14-26(13-15-6-2-1-3-7-15)19-9-5-4-8-17(16)19/h1-12,14H,13H2,(H,25,27)/b18-12-. The number of carbonyl (C=O) groups excluding carboxylic acids is 1. The van der Waals surface area contributed by atoms with Crippen LogP contribution in [0.3, 0.4) is 0 Å². The molecule has 6 heteroatoms. The van der Waals surface area contributed by atoms with Crippen LogP contribution in [0.4, 0.5) is 0 Å². The van der Waals surface area contributed by atoms with Gasteiger partial charge in [-0.15, -0.1) is 11.3 Å². The van der Waals surface area contributed by atoms with Crippen molar-refractivity contribution in [2.75, 3.05) is 0 Å². The molecule has 0 fully saturated rings. The summed E-state index contributed by atoms with van der Waals surface area (Å²) in [5.41, 5.74) is 7.05. The smallest absolute Gasteiger partial charge is 0.273 e. The van der Waals surface area contributed by atoms with Crippen molar-refractivity contribution in [1.29, 1.82) is 0 Å². The number of hydrogen-bond donors (Lipinski definition) is 1. The number of aromatic nitrogens is 2. The molecular formula is C22H16N4OS. The van der Waals surface area contributed by atoms with Crippen molar-refractivity contribution in [3.8, 4) is 0 Å². The number of para-hydroxylation sites is 1. The molecule has 28 heavy (non-hydrogen) atoms. The normalized spacial score (nSPS) is 15.2. The summed E-state index contributed by atoms with van der Waals surface area (Å²) in [6, 6.07) is 18.6. The molecule has 0 spiro atoms. The highest BCUT2D eigenvalue weighted by Crippen LogP contribution is 2.27. The Balaban J connectivity index is 1.60. The van der Waals surface area contributed by atoms with E-state index in [4.69, 9.17) is 0 Å². The van der Waals surface area contributed by atoms with E-state index in [0.29, 0.717) is 11.3 Å². The van der Waals surface area contributed by atoms with E-state index in [9.17, 15) is 4.79 Å². The molecule has 0 saturated heterocycles. The molecule has 136 valence electrons. The third-order valence-electron chi connectivity index (χ3n) is 4.72. The number of hydrazone groups is 1. The fourth-order valence-electron chi connectivity index (χ4n) is 3.43. The summed E-state index contributed by atoms with van der Waals surface area (Å²) in [7, 11) is 0. The summed E-state index contributed by atoms with van der Waals surface area (Å²) in [6.07, 6.45) is 5.72. The van der Waals surface area contributed by atoms with E-state index in [1.807, 2.05) is 41.8 Å². The molecule has 1 aliphatic heterocycles. The second-order valence-electron chi connectivity index (χ2n) is 6.51. The second kappa shape index (κ2) is 6.90. The van der Waals surface area contributed by atoms with Gasteiger partial charge >= 0.3 is 0 Å². The van der Waals surface area contributed by atoms with Gasteiger partial charge in [-0.25, -0.2) is 10.4 Å². The molecule has 0 radical (unpaired) electrons. The Kier molecular flexibility index (Phi) is 4.10. The van der Waals surface area contributed by atoms with Gasteiger partial charge in [-0.2, -0.15) is 5.10 Å². The van der Waals surface area contributed by atoms with Gasteiger partial charge in [0.15, 0.2) is 0 Å². The Labute approximate surface area is 165 Å². The Morgan fingerprint density at radius 1 is 1.07 bits per heavy atom. The van der Waals surface area contributed by atoms with Crippen molar-refractivity contribution in [2.45, 2.75) is 6.54 Å². The number of benzene rings is 2. The minimum Gasteiger partial charge on any atom is -0.342 e. The molecule has 2 aromatic heterocycles. The monoisotopic (exact) mass is 384 g/mol. The van der Waals surface area contributed by atoms with Crippen molar-refractivity contribution in [3.63, 3.8) is 0 Å². The number of rotatable bonds is 4. The van der Waals surface area contributed by atoms with Gasteiger partial charge in [-0.1, -0.05) is 48.5 Å². The molecule has 1 aliphatic rings. The predicted molar refractivity (Wildman–Crippen MR) is 112 cm³/mol. The fraction of sp³-hybridized carbons (Fsp3) is 0.0455. The SMILES string of the molecule is O=C1NN=C(c2nccs2)/C1=C/c1cn(Cc2ccccc2)c2ccccc12. The fourth-order valence-corrected chi connectivity index (χ4v) is 4.07. The van der Waals surface area contributed by atoms with Gasteiger partial charge in [0.05, 0.1) is 5.57 Å². The van der Waals surface area contributed by atoms with Crippen LogP contribution in [0.2, 0.25) is 0 Å². The first kappa shape index (κ1) is 16.6. The molecule has 0 saturated carbocycles. The van der Waals surface area contributed by atoms with Crippen LogP contribution in [0.1, 0.15) is 16.1 Å². The first-order valence-electron chi connectivity index (χ1n) is 8.91. The average Bonchev–Trinajstić information content (AvgIpc) is 3.45. The third kappa shape index (κ3) is 2.93. The first-order chi connectivity index (χ1) is 13.8. The largest absolute Gasteiger partial charge is 0.342 e. The summed E-state index contributed by atoms with van der Waals surface area (Å²) in [5, 5.41) is 7.90. The molecule has 1 amide bonds. The number of hydrogen-bond acceptors (Lipinski definition) is 4. The van der Waals surface area contributed by atoms with E-state index in [2.05, 4.69) is 50.5 Å². The quantitative estimate of drug-likeness (QED) is 0.539. The first-order valence-corrected chi connectivity index (χ1v) is 9.79. The van der Waals surface area contributed by atoms with Crippen LogP contribution in [0.15, 0.2) is 83.0 Å². The summed E-state index contributed by atoms with van der Waals surface area (Å²) in [4.78, 5) is 16.7. The van der Waals surface area contributed by atoms with Crippen LogP contribution < -0.4 is 5.43 Å². The van der Waals surface area contributed by atoms with Crippen LogP contribution in [0.5, 0.6) is 0 Å².